The minimum atomic E-state index is -3.51. The summed E-state index contributed by atoms with van der Waals surface area (Å²) in [7, 11) is -3.51. The molecule has 4 aromatic rings. The second-order valence-corrected chi connectivity index (χ2v) is 11.0. The number of nitrogens with zero attached hydrogens (tertiary/aromatic N) is 4. The molecule has 0 atom stereocenters. The van der Waals surface area contributed by atoms with Crippen molar-refractivity contribution in [1.29, 1.82) is 0 Å². The van der Waals surface area contributed by atoms with Gasteiger partial charge >= 0.3 is 0 Å². The lowest BCUT2D eigenvalue weighted by atomic mass is 10.0. The number of aromatic nitrogens is 2. The van der Waals surface area contributed by atoms with Crippen molar-refractivity contribution in [3.8, 4) is 0 Å². The van der Waals surface area contributed by atoms with E-state index in [0.29, 0.717) is 37.0 Å². The summed E-state index contributed by atoms with van der Waals surface area (Å²) in [5.41, 5.74) is 4.38. The molecule has 1 aromatic heterocycles. The van der Waals surface area contributed by atoms with E-state index in [1.807, 2.05) is 48.5 Å². The SMILES string of the molecule is CC(C)c1ccc(S(=O)(=O)N2CCN(c3nc4ccccc4n3Cc3ccccc3)CC2)cc1. The van der Waals surface area contributed by atoms with Gasteiger partial charge in [-0.15, -0.1) is 0 Å². The van der Waals surface area contributed by atoms with Crippen LogP contribution in [-0.2, 0) is 16.6 Å². The molecule has 1 aliphatic rings. The number of sulfonamides is 1. The molecule has 0 N–H and O–H groups in total. The highest BCUT2D eigenvalue weighted by Gasteiger charge is 2.30. The number of piperazine rings is 1. The van der Waals surface area contributed by atoms with Crippen molar-refractivity contribution < 1.29 is 8.42 Å². The third-order valence-corrected chi connectivity index (χ3v) is 8.44. The van der Waals surface area contributed by atoms with Crippen LogP contribution in [0.15, 0.2) is 83.8 Å². The average molecular weight is 475 g/mol. The molecule has 1 saturated heterocycles. The van der Waals surface area contributed by atoms with Gasteiger partial charge < -0.3 is 9.47 Å². The molecule has 0 saturated carbocycles. The van der Waals surface area contributed by atoms with Crippen molar-refractivity contribution in [2.45, 2.75) is 31.2 Å². The Kier molecular flexibility index (Phi) is 6.15. The minimum absolute atomic E-state index is 0.363. The second-order valence-electron chi connectivity index (χ2n) is 9.09. The monoisotopic (exact) mass is 474 g/mol. The molecule has 7 heteroatoms. The predicted octanol–water partition coefficient (Wildman–Crippen LogP) is 4.72. The van der Waals surface area contributed by atoms with Crippen LogP contribution in [0.2, 0.25) is 0 Å². The van der Waals surface area contributed by atoms with Crippen molar-refractivity contribution in [2.24, 2.45) is 0 Å². The molecule has 0 unspecified atom stereocenters. The molecule has 34 heavy (non-hydrogen) atoms. The van der Waals surface area contributed by atoms with Gasteiger partial charge in [0.2, 0.25) is 16.0 Å². The van der Waals surface area contributed by atoms with Gasteiger partial charge in [-0.05, 0) is 41.3 Å². The van der Waals surface area contributed by atoms with Crippen LogP contribution < -0.4 is 4.90 Å². The second kappa shape index (κ2) is 9.24. The van der Waals surface area contributed by atoms with E-state index < -0.39 is 10.0 Å². The number of para-hydroxylation sites is 2. The van der Waals surface area contributed by atoms with E-state index in [0.717, 1.165) is 29.1 Å². The number of anilines is 1. The zero-order valence-electron chi connectivity index (χ0n) is 19.6. The van der Waals surface area contributed by atoms with Crippen LogP contribution in [0.25, 0.3) is 11.0 Å². The first-order chi connectivity index (χ1) is 16.4. The summed E-state index contributed by atoms with van der Waals surface area (Å²) in [5, 5.41) is 0. The van der Waals surface area contributed by atoms with Gasteiger partial charge in [-0.1, -0.05) is 68.4 Å². The Bertz CT molecular complexity index is 1370. The van der Waals surface area contributed by atoms with Gasteiger partial charge in [0.1, 0.15) is 0 Å². The fourth-order valence-corrected chi connectivity index (χ4v) is 5.95. The molecule has 0 bridgehead atoms. The van der Waals surface area contributed by atoms with Crippen molar-refractivity contribution in [3.63, 3.8) is 0 Å². The Hall–Kier alpha value is -3.16. The summed E-state index contributed by atoms with van der Waals surface area (Å²) in [6.07, 6.45) is 0. The average Bonchev–Trinajstić information content (AvgIpc) is 3.23. The molecule has 3 aromatic carbocycles. The summed E-state index contributed by atoms with van der Waals surface area (Å²) in [6, 6.07) is 25.8. The number of imidazole rings is 1. The number of rotatable bonds is 6. The maximum Gasteiger partial charge on any atom is 0.243 e. The third-order valence-electron chi connectivity index (χ3n) is 6.52. The fourth-order valence-electron chi connectivity index (χ4n) is 4.53. The minimum Gasteiger partial charge on any atom is -0.340 e. The van der Waals surface area contributed by atoms with Crippen molar-refractivity contribution in [2.75, 3.05) is 31.1 Å². The van der Waals surface area contributed by atoms with E-state index in [1.54, 1.807) is 16.4 Å². The van der Waals surface area contributed by atoms with Gasteiger partial charge in [-0.25, -0.2) is 13.4 Å². The Morgan fingerprint density at radius 2 is 1.47 bits per heavy atom. The molecule has 1 aliphatic heterocycles. The zero-order valence-corrected chi connectivity index (χ0v) is 20.4. The maximum absolute atomic E-state index is 13.2. The molecule has 0 spiro atoms. The highest BCUT2D eigenvalue weighted by molar-refractivity contribution is 7.89. The fraction of sp³-hybridized carbons (Fsp3) is 0.296. The number of hydrogen-bond acceptors (Lipinski definition) is 4. The van der Waals surface area contributed by atoms with Crippen LogP contribution in [0, 0.1) is 0 Å². The smallest absolute Gasteiger partial charge is 0.243 e. The molecule has 0 radical (unpaired) electrons. The molecular weight excluding hydrogens is 444 g/mol. The highest BCUT2D eigenvalue weighted by atomic mass is 32.2. The van der Waals surface area contributed by atoms with E-state index in [9.17, 15) is 8.42 Å². The van der Waals surface area contributed by atoms with E-state index in [4.69, 9.17) is 4.98 Å². The normalized spacial score (nSPS) is 15.3. The molecule has 0 amide bonds. The summed E-state index contributed by atoms with van der Waals surface area (Å²) < 4.78 is 30.3. The first kappa shape index (κ1) is 22.6. The number of hydrogen-bond donors (Lipinski definition) is 0. The summed E-state index contributed by atoms with van der Waals surface area (Å²) in [5.74, 6) is 1.26. The Balaban J connectivity index is 1.37. The van der Waals surface area contributed by atoms with Gasteiger partial charge in [0, 0.05) is 26.2 Å². The lowest BCUT2D eigenvalue weighted by Gasteiger charge is -2.34. The molecular formula is C27H30N4O2S. The van der Waals surface area contributed by atoms with E-state index in [-0.39, 0.29) is 0 Å². The van der Waals surface area contributed by atoms with Gasteiger partial charge in [-0.2, -0.15) is 4.31 Å². The van der Waals surface area contributed by atoms with Crippen LogP contribution in [0.1, 0.15) is 30.9 Å². The van der Waals surface area contributed by atoms with Crippen LogP contribution >= 0.6 is 0 Å². The molecule has 176 valence electrons. The summed E-state index contributed by atoms with van der Waals surface area (Å²) >= 11 is 0. The molecule has 1 fully saturated rings. The lowest BCUT2D eigenvalue weighted by Crippen LogP contribution is -2.49. The lowest BCUT2D eigenvalue weighted by molar-refractivity contribution is 0.381. The largest absolute Gasteiger partial charge is 0.340 e. The highest BCUT2D eigenvalue weighted by Crippen LogP contribution is 2.27. The maximum atomic E-state index is 13.2. The third kappa shape index (κ3) is 4.33. The molecule has 5 rings (SSSR count). The number of benzene rings is 3. The Morgan fingerprint density at radius 3 is 2.15 bits per heavy atom. The van der Waals surface area contributed by atoms with Crippen molar-refractivity contribution in [3.05, 3.63) is 90.0 Å². The number of fused-ring (bicyclic) bond motifs is 1. The van der Waals surface area contributed by atoms with Crippen LogP contribution in [0.5, 0.6) is 0 Å². The van der Waals surface area contributed by atoms with Crippen molar-refractivity contribution >= 4 is 27.0 Å². The summed E-state index contributed by atoms with van der Waals surface area (Å²) in [4.78, 5) is 7.49. The Labute approximate surface area is 201 Å². The van der Waals surface area contributed by atoms with Gasteiger partial charge in [-0.3, -0.25) is 0 Å². The quantitative estimate of drug-likeness (QED) is 0.406. The van der Waals surface area contributed by atoms with Crippen LogP contribution in [0.3, 0.4) is 0 Å². The van der Waals surface area contributed by atoms with Crippen LogP contribution in [-0.4, -0.2) is 48.5 Å². The van der Waals surface area contributed by atoms with E-state index in [2.05, 4.69) is 41.5 Å². The van der Waals surface area contributed by atoms with E-state index >= 15 is 0 Å². The Morgan fingerprint density at radius 1 is 0.824 bits per heavy atom. The van der Waals surface area contributed by atoms with Crippen LogP contribution in [0.4, 0.5) is 5.95 Å². The first-order valence-corrected chi connectivity index (χ1v) is 13.2. The van der Waals surface area contributed by atoms with Gasteiger partial charge in [0.25, 0.3) is 0 Å². The molecule has 2 heterocycles. The zero-order chi connectivity index (χ0) is 23.7. The topological polar surface area (TPSA) is 58.4 Å². The standard InChI is InChI=1S/C27H30N4O2S/c1-21(2)23-12-14-24(15-13-23)34(32,33)30-18-16-29(17-19-30)27-28-25-10-6-7-11-26(25)31(27)20-22-8-4-3-5-9-22/h3-15,21H,16-20H2,1-2H3. The van der Waals surface area contributed by atoms with Crippen molar-refractivity contribution in [1.82, 2.24) is 13.9 Å². The predicted molar refractivity (Wildman–Crippen MR) is 137 cm³/mol. The molecule has 6 nitrogen and oxygen atoms in total. The summed E-state index contributed by atoms with van der Waals surface area (Å²) in [6.45, 7) is 6.99. The van der Waals surface area contributed by atoms with Gasteiger partial charge in [0.05, 0.1) is 22.5 Å². The molecule has 0 aliphatic carbocycles. The van der Waals surface area contributed by atoms with Gasteiger partial charge in [0.15, 0.2) is 0 Å². The first-order valence-electron chi connectivity index (χ1n) is 11.8. The van der Waals surface area contributed by atoms with E-state index in [1.165, 1.54) is 5.56 Å².